The summed E-state index contributed by atoms with van der Waals surface area (Å²) in [4.78, 5) is 32.0. The van der Waals surface area contributed by atoms with Gasteiger partial charge in [0.2, 0.25) is 5.91 Å². The predicted molar refractivity (Wildman–Crippen MR) is 149 cm³/mol. The average molecular weight is 502 g/mol. The Morgan fingerprint density at radius 3 is 2.53 bits per heavy atom. The zero-order chi connectivity index (χ0) is 26.1. The van der Waals surface area contributed by atoms with Crippen molar-refractivity contribution in [2.45, 2.75) is 12.5 Å². The van der Waals surface area contributed by atoms with E-state index in [-0.39, 0.29) is 30.8 Å². The number of hydrogen-bond donors (Lipinski definition) is 2. The van der Waals surface area contributed by atoms with E-state index < -0.39 is 0 Å². The summed E-state index contributed by atoms with van der Waals surface area (Å²) in [7, 11) is 1.65. The molecule has 0 saturated heterocycles. The Morgan fingerprint density at radius 2 is 1.68 bits per heavy atom. The topological polar surface area (TPSA) is 74.4 Å². The molecule has 1 atom stereocenters. The van der Waals surface area contributed by atoms with Crippen LogP contribution in [0, 0.1) is 0 Å². The van der Waals surface area contributed by atoms with Crippen molar-refractivity contribution in [1.82, 2.24) is 9.88 Å². The molecule has 2 N–H and O–H groups in total. The third-order valence-electron chi connectivity index (χ3n) is 7.07. The zero-order valence-electron chi connectivity index (χ0n) is 21.0. The molecule has 6 rings (SSSR count). The van der Waals surface area contributed by atoms with E-state index >= 15 is 0 Å². The Bertz CT molecular complexity index is 1640. The van der Waals surface area contributed by atoms with E-state index in [4.69, 9.17) is 4.74 Å². The normalized spacial score (nSPS) is 14.5. The van der Waals surface area contributed by atoms with E-state index in [2.05, 4.69) is 16.4 Å². The molecule has 6 heteroatoms. The quantitative estimate of drug-likeness (QED) is 0.270. The number of fused-ring (bicyclic) bond motifs is 2. The highest BCUT2D eigenvalue weighted by atomic mass is 16.5. The lowest BCUT2D eigenvalue weighted by atomic mass is 9.93. The van der Waals surface area contributed by atoms with Crippen molar-refractivity contribution < 1.29 is 14.3 Å². The summed E-state index contributed by atoms with van der Waals surface area (Å²) in [6.45, 7) is 0.286. The lowest BCUT2D eigenvalue weighted by molar-refractivity contribution is -0.116. The van der Waals surface area contributed by atoms with Crippen molar-refractivity contribution >= 4 is 28.4 Å². The number of benzene rings is 4. The second-order valence-corrected chi connectivity index (χ2v) is 9.34. The van der Waals surface area contributed by atoms with Crippen LogP contribution in [0.15, 0.2) is 103 Å². The number of anilines is 1. The number of hydrogen-bond acceptors (Lipinski definition) is 3. The van der Waals surface area contributed by atoms with Crippen molar-refractivity contribution in [3.8, 4) is 17.0 Å². The molecule has 2 heterocycles. The number of H-pyrrole nitrogens is 1. The minimum Gasteiger partial charge on any atom is -0.497 e. The van der Waals surface area contributed by atoms with Crippen LogP contribution in [-0.4, -0.2) is 35.4 Å². The number of methoxy groups -OCH3 is 1. The maximum atomic E-state index is 13.7. The average Bonchev–Trinajstić information content (AvgIpc) is 3.47. The molecule has 38 heavy (non-hydrogen) atoms. The van der Waals surface area contributed by atoms with Crippen LogP contribution in [0.1, 0.15) is 33.9 Å². The molecule has 0 aliphatic carbocycles. The number of rotatable bonds is 7. The molecule has 4 aromatic carbocycles. The molecule has 5 aromatic rings. The van der Waals surface area contributed by atoms with Gasteiger partial charge in [0.15, 0.2) is 0 Å². The molecule has 6 nitrogen and oxygen atoms in total. The van der Waals surface area contributed by atoms with Crippen molar-refractivity contribution in [1.29, 1.82) is 0 Å². The smallest absolute Gasteiger partial charge is 0.255 e. The van der Waals surface area contributed by atoms with Crippen molar-refractivity contribution in [3.05, 3.63) is 120 Å². The van der Waals surface area contributed by atoms with Crippen molar-refractivity contribution in [2.75, 3.05) is 19.0 Å². The van der Waals surface area contributed by atoms with Crippen LogP contribution in [0.5, 0.6) is 5.75 Å². The monoisotopic (exact) mass is 501 g/mol. The summed E-state index contributed by atoms with van der Waals surface area (Å²) in [5.41, 5.74) is 6.24. The minimum atomic E-state index is -0.347. The number of carbonyl (C=O) groups excluding carboxylic acids is 2. The highest BCUT2D eigenvalue weighted by Crippen LogP contribution is 2.45. The first kappa shape index (κ1) is 23.6. The van der Waals surface area contributed by atoms with E-state index in [0.717, 1.165) is 44.7 Å². The molecule has 0 unspecified atom stereocenters. The number of amides is 2. The van der Waals surface area contributed by atoms with Gasteiger partial charge < -0.3 is 19.9 Å². The minimum absolute atomic E-state index is 0.0695. The summed E-state index contributed by atoms with van der Waals surface area (Å²) in [6.07, 6.45) is 0.183. The molecule has 0 bridgehead atoms. The first-order valence-corrected chi connectivity index (χ1v) is 12.6. The van der Waals surface area contributed by atoms with Gasteiger partial charge in [-0.15, -0.1) is 0 Å². The van der Waals surface area contributed by atoms with Gasteiger partial charge in [-0.3, -0.25) is 9.59 Å². The van der Waals surface area contributed by atoms with Gasteiger partial charge in [0.25, 0.3) is 5.91 Å². The van der Waals surface area contributed by atoms with Gasteiger partial charge in [-0.25, -0.2) is 0 Å². The number of carbonyl (C=O) groups is 2. The second-order valence-electron chi connectivity index (χ2n) is 9.34. The maximum absolute atomic E-state index is 13.7. The molecule has 1 aliphatic rings. The summed E-state index contributed by atoms with van der Waals surface area (Å²) < 4.78 is 5.50. The van der Waals surface area contributed by atoms with E-state index in [1.807, 2.05) is 102 Å². The van der Waals surface area contributed by atoms with Crippen molar-refractivity contribution in [3.63, 3.8) is 0 Å². The Labute approximate surface area is 220 Å². The molecule has 1 aliphatic heterocycles. The fourth-order valence-electron chi connectivity index (χ4n) is 5.33. The standard InChI is InChI=1S/C32H27N3O3/c1-38-23-13-9-10-21(20-23)30-29(26-16-7-8-17-27(26)34-30)31-24-14-5-6-15-25(24)32(37)35(31)19-18-28(36)33-22-11-3-2-4-12-22/h2-17,20,31,34H,18-19H2,1H3,(H,33,36)/t31-/m0/s1. The predicted octanol–water partition coefficient (Wildman–Crippen LogP) is 6.42. The zero-order valence-corrected chi connectivity index (χ0v) is 21.0. The molecule has 1 aromatic heterocycles. The lowest BCUT2D eigenvalue weighted by Crippen LogP contribution is -2.32. The van der Waals surface area contributed by atoms with Crippen LogP contribution >= 0.6 is 0 Å². The summed E-state index contributed by atoms with van der Waals surface area (Å²) >= 11 is 0. The second kappa shape index (κ2) is 9.90. The third kappa shape index (κ3) is 4.20. The van der Waals surface area contributed by atoms with Gasteiger partial charge >= 0.3 is 0 Å². The molecule has 0 spiro atoms. The number of nitrogens with one attached hydrogen (secondary N) is 2. The van der Waals surface area contributed by atoms with Gasteiger partial charge in [-0.2, -0.15) is 0 Å². The van der Waals surface area contributed by atoms with Crippen LogP contribution < -0.4 is 10.1 Å². The number of aromatic nitrogens is 1. The van der Waals surface area contributed by atoms with Gasteiger partial charge in [0.1, 0.15) is 5.75 Å². The van der Waals surface area contributed by atoms with Gasteiger partial charge in [0.05, 0.1) is 18.8 Å². The highest BCUT2D eigenvalue weighted by molar-refractivity contribution is 6.02. The summed E-state index contributed by atoms with van der Waals surface area (Å²) in [5.74, 6) is 0.551. The number of para-hydroxylation sites is 2. The van der Waals surface area contributed by atoms with Crippen LogP contribution in [0.25, 0.3) is 22.2 Å². The van der Waals surface area contributed by atoms with Crippen LogP contribution in [0.4, 0.5) is 5.69 Å². The van der Waals surface area contributed by atoms with Crippen LogP contribution in [-0.2, 0) is 4.79 Å². The molecule has 0 fully saturated rings. The Morgan fingerprint density at radius 1 is 0.921 bits per heavy atom. The Hall–Kier alpha value is -4.84. The van der Waals surface area contributed by atoms with E-state index in [0.29, 0.717) is 5.56 Å². The number of nitrogens with zero attached hydrogens (tertiary/aromatic N) is 1. The van der Waals surface area contributed by atoms with E-state index in [9.17, 15) is 9.59 Å². The van der Waals surface area contributed by atoms with Crippen LogP contribution in [0.2, 0.25) is 0 Å². The van der Waals surface area contributed by atoms with Gasteiger partial charge in [-0.1, -0.05) is 66.7 Å². The SMILES string of the molecule is COc1cccc(-c2[nH]c3ccccc3c2[C@@H]2c3ccccc3C(=O)N2CCC(=O)Nc2ccccc2)c1. The fraction of sp³-hybridized carbons (Fsp3) is 0.125. The summed E-state index contributed by atoms with van der Waals surface area (Å²) in [6, 6.07) is 32.8. The van der Waals surface area contributed by atoms with Crippen molar-refractivity contribution in [2.24, 2.45) is 0 Å². The largest absolute Gasteiger partial charge is 0.497 e. The van der Waals surface area contributed by atoms with Gasteiger partial charge in [-0.05, 0) is 42.0 Å². The highest BCUT2D eigenvalue weighted by Gasteiger charge is 2.40. The molecule has 2 amide bonds. The summed E-state index contributed by atoms with van der Waals surface area (Å²) in [5, 5.41) is 3.97. The maximum Gasteiger partial charge on any atom is 0.255 e. The fourth-order valence-corrected chi connectivity index (χ4v) is 5.33. The first-order chi connectivity index (χ1) is 18.6. The Kier molecular flexibility index (Phi) is 6.14. The Balaban J connectivity index is 1.43. The molecular weight excluding hydrogens is 474 g/mol. The molecule has 0 radical (unpaired) electrons. The molecule has 188 valence electrons. The van der Waals surface area contributed by atoms with Crippen LogP contribution in [0.3, 0.4) is 0 Å². The number of aromatic amines is 1. The third-order valence-corrected chi connectivity index (χ3v) is 7.07. The lowest BCUT2D eigenvalue weighted by Gasteiger charge is -2.26. The molecule has 0 saturated carbocycles. The number of ether oxygens (including phenoxy) is 1. The first-order valence-electron chi connectivity index (χ1n) is 12.6. The van der Waals surface area contributed by atoms with Gasteiger partial charge in [0, 0.05) is 46.2 Å². The van der Waals surface area contributed by atoms with E-state index in [1.54, 1.807) is 7.11 Å². The molecular formula is C32H27N3O3. The van der Waals surface area contributed by atoms with E-state index in [1.165, 1.54) is 0 Å².